The van der Waals surface area contributed by atoms with E-state index in [1.165, 1.54) is 13.2 Å². The number of hydrogen-bond donors (Lipinski definition) is 1. The topological polar surface area (TPSA) is 92.8 Å². The summed E-state index contributed by atoms with van der Waals surface area (Å²) in [7, 11) is 1.26. The first kappa shape index (κ1) is 17.2. The minimum Gasteiger partial charge on any atom is -0.465 e. The molecule has 1 N–H and O–H groups in total. The molecule has 7 heteroatoms. The number of methoxy groups -OCH3 is 1. The average Bonchev–Trinajstić information content (AvgIpc) is 3.49. The van der Waals surface area contributed by atoms with Crippen molar-refractivity contribution in [1.82, 2.24) is 4.90 Å². The third-order valence-electron chi connectivity index (χ3n) is 6.66. The zero-order valence-electron chi connectivity index (χ0n) is 15.3. The SMILES string of the molecule is COC(=O)c1ccccc1NC(=O)CN1C(=O)[C@@H]2[C@H]3C=C[C@@H]([C@@H]4C[C@@H]34)[C@H]2C1=O. The summed E-state index contributed by atoms with van der Waals surface area (Å²) >= 11 is 0. The summed E-state index contributed by atoms with van der Waals surface area (Å²) in [6.07, 6.45) is 5.30. The van der Waals surface area contributed by atoms with Gasteiger partial charge in [-0.15, -0.1) is 0 Å². The molecule has 1 aromatic rings. The molecule has 0 spiro atoms. The van der Waals surface area contributed by atoms with Gasteiger partial charge in [-0.2, -0.15) is 0 Å². The van der Waals surface area contributed by atoms with Gasteiger partial charge in [-0.3, -0.25) is 19.3 Å². The van der Waals surface area contributed by atoms with E-state index in [0.717, 1.165) is 11.3 Å². The fourth-order valence-corrected chi connectivity index (χ4v) is 5.39. The maximum atomic E-state index is 12.9. The number of hydrogen-bond acceptors (Lipinski definition) is 5. The van der Waals surface area contributed by atoms with Crippen LogP contribution in [0.4, 0.5) is 5.69 Å². The Morgan fingerprint density at radius 3 is 2.29 bits per heavy atom. The van der Waals surface area contributed by atoms with Crippen LogP contribution in [0.25, 0.3) is 0 Å². The molecule has 1 aromatic carbocycles. The van der Waals surface area contributed by atoms with Crippen LogP contribution in [0.2, 0.25) is 0 Å². The molecule has 1 aliphatic heterocycles. The number of nitrogens with one attached hydrogen (secondary N) is 1. The van der Waals surface area contributed by atoms with Crippen molar-refractivity contribution < 1.29 is 23.9 Å². The smallest absolute Gasteiger partial charge is 0.339 e. The minimum absolute atomic E-state index is 0.129. The number of amides is 3. The molecular weight excluding hydrogens is 360 g/mol. The number of nitrogens with zero attached hydrogens (tertiary/aromatic N) is 1. The third-order valence-corrected chi connectivity index (χ3v) is 6.66. The van der Waals surface area contributed by atoms with Gasteiger partial charge in [-0.25, -0.2) is 4.79 Å². The van der Waals surface area contributed by atoms with Crippen LogP contribution in [0.15, 0.2) is 36.4 Å². The maximum Gasteiger partial charge on any atom is 0.339 e. The molecule has 3 fully saturated rings. The number of anilines is 1. The van der Waals surface area contributed by atoms with Crippen LogP contribution in [0.1, 0.15) is 16.8 Å². The molecule has 5 aliphatic rings. The van der Waals surface area contributed by atoms with Gasteiger partial charge in [-0.1, -0.05) is 24.3 Å². The van der Waals surface area contributed by atoms with Crippen LogP contribution in [0, 0.1) is 35.5 Å². The predicted octanol–water partition coefficient (Wildman–Crippen LogP) is 1.46. The molecule has 2 bridgehead atoms. The molecule has 6 atom stereocenters. The second-order valence-electron chi connectivity index (χ2n) is 8.00. The second kappa shape index (κ2) is 6.02. The lowest BCUT2D eigenvalue weighted by atomic mass is 9.63. The number of para-hydroxylation sites is 1. The summed E-state index contributed by atoms with van der Waals surface area (Å²) in [5.74, 6) is -0.897. The zero-order chi connectivity index (χ0) is 19.6. The van der Waals surface area contributed by atoms with Gasteiger partial charge in [0.25, 0.3) is 0 Å². The number of rotatable bonds is 4. The molecule has 0 aromatic heterocycles. The van der Waals surface area contributed by atoms with Gasteiger partial charge in [-0.05, 0) is 42.2 Å². The monoisotopic (exact) mass is 380 g/mol. The lowest BCUT2D eigenvalue weighted by molar-refractivity contribution is -0.142. The van der Waals surface area contributed by atoms with E-state index in [1.54, 1.807) is 18.2 Å². The molecule has 1 heterocycles. The standard InChI is InChI=1S/C21H20N2O5/c1-28-21(27)12-4-2-3-5-15(12)22-16(24)9-23-19(25)17-10-6-7-11(14-8-13(10)14)18(17)20(23)26/h2-7,10-11,13-14,17-18H,8-9H2,1H3,(H,22,24)/t10-,11-,13-,14-,17+,18+/m0/s1. The van der Waals surface area contributed by atoms with Crippen LogP contribution < -0.4 is 5.32 Å². The van der Waals surface area contributed by atoms with Gasteiger partial charge in [0.2, 0.25) is 17.7 Å². The Balaban J connectivity index is 1.33. The number of likely N-dealkylation sites (tertiary alicyclic amines) is 1. The van der Waals surface area contributed by atoms with E-state index < -0.39 is 11.9 Å². The van der Waals surface area contributed by atoms with Crippen molar-refractivity contribution in [2.24, 2.45) is 35.5 Å². The highest BCUT2D eigenvalue weighted by Crippen LogP contribution is 2.65. The molecule has 28 heavy (non-hydrogen) atoms. The summed E-state index contributed by atoms with van der Waals surface area (Å²) in [4.78, 5) is 51.4. The Morgan fingerprint density at radius 1 is 1.07 bits per heavy atom. The Bertz CT molecular complexity index is 902. The minimum atomic E-state index is -0.572. The van der Waals surface area contributed by atoms with Crippen molar-refractivity contribution in [2.45, 2.75) is 6.42 Å². The van der Waals surface area contributed by atoms with Crippen molar-refractivity contribution in [2.75, 3.05) is 19.0 Å². The molecule has 144 valence electrons. The molecule has 7 nitrogen and oxygen atoms in total. The summed E-state index contributed by atoms with van der Waals surface area (Å²) in [5.41, 5.74) is 0.507. The van der Waals surface area contributed by atoms with Crippen molar-refractivity contribution in [3.63, 3.8) is 0 Å². The van der Waals surface area contributed by atoms with E-state index >= 15 is 0 Å². The van der Waals surface area contributed by atoms with Crippen LogP contribution in [-0.4, -0.2) is 42.2 Å². The van der Waals surface area contributed by atoms with Crippen LogP contribution in [-0.2, 0) is 19.1 Å². The van der Waals surface area contributed by atoms with E-state index in [0.29, 0.717) is 17.5 Å². The Morgan fingerprint density at radius 2 is 1.68 bits per heavy atom. The number of imide groups is 1. The third kappa shape index (κ3) is 2.35. The van der Waals surface area contributed by atoms with Gasteiger partial charge in [0.05, 0.1) is 30.2 Å². The highest BCUT2D eigenvalue weighted by molar-refractivity contribution is 6.10. The zero-order valence-corrected chi connectivity index (χ0v) is 15.3. The molecule has 6 rings (SSSR count). The molecule has 0 unspecified atom stereocenters. The highest BCUT2D eigenvalue weighted by Gasteiger charge is 2.67. The predicted molar refractivity (Wildman–Crippen MR) is 97.8 cm³/mol. The van der Waals surface area contributed by atoms with Crippen LogP contribution >= 0.6 is 0 Å². The number of carbonyl (C=O) groups excluding carboxylic acids is 4. The first-order valence-electron chi connectivity index (χ1n) is 9.52. The van der Waals surface area contributed by atoms with E-state index in [2.05, 4.69) is 17.5 Å². The lowest BCUT2D eigenvalue weighted by Gasteiger charge is -2.37. The number of allylic oxidation sites excluding steroid dienone is 2. The maximum absolute atomic E-state index is 12.9. The molecular formula is C21H20N2O5. The Labute approximate surface area is 161 Å². The fraction of sp³-hybridized carbons (Fsp3) is 0.429. The molecule has 1 saturated heterocycles. The molecule has 4 aliphatic carbocycles. The number of esters is 1. The molecule has 2 saturated carbocycles. The summed E-state index contributed by atoms with van der Waals surface area (Å²) < 4.78 is 4.72. The number of benzene rings is 1. The quantitative estimate of drug-likeness (QED) is 0.485. The van der Waals surface area contributed by atoms with Crippen molar-refractivity contribution in [3.05, 3.63) is 42.0 Å². The number of carbonyl (C=O) groups is 4. The Hall–Kier alpha value is -2.96. The van der Waals surface area contributed by atoms with Gasteiger partial charge in [0.15, 0.2) is 0 Å². The van der Waals surface area contributed by atoms with E-state index in [1.807, 2.05) is 0 Å². The molecule has 3 amide bonds. The Kier molecular flexibility index (Phi) is 3.69. The fourth-order valence-electron chi connectivity index (χ4n) is 5.39. The van der Waals surface area contributed by atoms with Crippen LogP contribution in [0.3, 0.4) is 0 Å². The van der Waals surface area contributed by atoms with Crippen molar-refractivity contribution in [1.29, 1.82) is 0 Å². The van der Waals surface area contributed by atoms with Crippen molar-refractivity contribution in [3.8, 4) is 0 Å². The van der Waals surface area contributed by atoms with Gasteiger partial charge < -0.3 is 10.1 Å². The highest BCUT2D eigenvalue weighted by atomic mass is 16.5. The van der Waals surface area contributed by atoms with Gasteiger partial charge in [0, 0.05) is 0 Å². The normalized spacial score (nSPS) is 34.1. The number of ether oxygens (including phenoxy) is 1. The lowest BCUT2D eigenvalue weighted by Crippen LogP contribution is -2.40. The van der Waals surface area contributed by atoms with E-state index in [-0.39, 0.29) is 47.6 Å². The summed E-state index contributed by atoms with van der Waals surface area (Å²) in [6.45, 7) is -0.338. The van der Waals surface area contributed by atoms with E-state index in [4.69, 9.17) is 4.74 Å². The van der Waals surface area contributed by atoms with Gasteiger partial charge >= 0.3 is 5.97 Å². The van der Waals surface area contributed by atoms with Gasteiger partial charge in [0.1, 0.15) is 6.54 Å². The van der Waals surface area contributed by atoms with E-state index in [9.17, 15) is 19.2 Å². The summed E-state index contributed by atoms with van der Waals surface area (Å²) in [5, 5.41) is 2.63. The largest absolute Gasteiger partial charge is 0.465 e. The average molecular weight is 380 g/mol. The summed E-state index contributed by atoms with van der Waals surface area (Å²) in [6, 6.07) is 6.46. The van der Waals surface area contributed by atoms with Crippen LogP contribution in [0.5, 0.6) is 0 Å². The van der Waals surface area contributed by atoms with Crippen molar-refractivity contribution >= 4 is 29.4 Å². The molecule has 0 radical (unpaired) electrons. The first-order valence-corrected chi connectivity index (χ1v) is 9.52. The second-order valence-corrected chi connectivity index (χ2v) is 8.00. The first-order chi connectivity index (χ1) is 13.5.